The lowest BCUT2D eigenvalue weighted by Gasteiger charge is -2.38. The van der Waals surface area contributed by atoms with Crippen molar-refractivity contribution in [1.29, 1.82) is 5.26 Å². The quantitative estimate of drug-likeness (QED) is 0.0408. The minimum atomic E-state index is -1.41. The van der Waals surface area contributed by atoms with Gasteiger partial charge in [-0.15, -0.1) is 0 Å². The Balaban J connectivity index is 1.34. The molecule has 2 aliphatic heterocycles. The third-order valence-electron chi connectivity index (χ3n) is 13.6. The van der Waals surface area contributed by atoms with Crippen molar-refractivity contribution in [1.82, 2.24) is 9.57 Å². The number of hydrogen-bond donors (Lipinski definition) is 0. The maximum atomic E-state index is 13.3. The molecule has 1 fully saturated rings. The third-order valence-corrected chi connectivity index (χ3v) is 15.7. The molecule has 1 unspecified atom stereocenters. The molecule has 1 aromatic rings. The summed E-state index contributed by atoms with van der Waals surface area (Å²) in [5, 5.41) is 9.04. The molecule has 0 N–H and O–H groups in total. The Morgan fingerprint density at radius 1 is 0.859 bits per heavy atom. The summed E-state index contributed by atoms with van der Waals surface area (Å²) in [6, 6.07) is 2.33. The summed E-state index contributed by atoms with van der Waals surface area (Å²) in [5.41, 5.74) is 4.44. The van der Waals surface area contributed by atoms with E-state index < -0.39 is 8.53 Å². The largest absolute Gasteiger partial charge is 0.489 e. The van der Waals surface area contributed by atoms with Crippen LogP contribution in [0.1, 0.15) is 208 Å². The molecule has 0 saturated carbocycles. The number of benzene rings is 1. The SMILES string of the molecule is [2H]C[C@@H]1C[C@@H](OP(OCCC#N)N(C(C)C)C(C)C)CN1C(=O)CCCCCCC(=O)OCCOc1c(C)c(C)c2c(c1C)CC[C@@](C)(CCC[C@H](C)CCC[C@H](C)CCCC(C)C)O2. The van der Waals surface area contributed by atoms with Gasteiger partial charge in [0.15, 0.2) is 0 Å². The molecule has 1 amide bonds. The topological polar surface area (TPSA) is 111 Å². The van der Waals surface area contributed by atoms with Crippen molar-refractivity contribution in [3.05, 3.63) is 22.3 Å². The number of amides is 1. The molecular weight excluding hydrogens is 822 g/mol. The monoisotopic (exact) mass is 915 g/mol. The third kappa shape index (κ3) is 18.7. The molecule has 0 bridgehead atoms. The van der Waals surface area contributed by atoms with Crippen LogP contribution in [-0.2, 0) is 29.8 Å². The van der Waals surface area contributed by atoms with Gasteiger partial charge in [-0.25, -0.2) is 4.67 Å². The maximum absolute atomic E-state index is 13.3. The van der Waals surface area contributed by atoms with E-state index in [9.17, 15) is 9.59 Å². The number of carbonyl (C=O) groups is 2. The molecule has 64 heavy (non-hydrogen) atoms. The minimum Gasteiger partial charge on any atom is -0.489 e. The Bertz CT molecular complexity index is 1610. The van der Waals surface area contributed by atoms with Crippen LogP contribution in [0.3, 0.4) is 0 Å². The zero-order valence-corrected chi connectivity index (χ0v) is 43.6. The first-order valence-electron chi connectivity index (χ1n) is 26.1. The van der Waals surface area contributed by atoms with Gasteiger partial charge in [0, 0.05) is 44.4 Å². The van der Waals surface area contributed by atoms with Crippen molar-refractivity contribution in [3.63, 3.8) is 0 Å². The second kappa shape index (κ2) is 28.7. The van der Waals surface area contributed by atoms with Crippen LogP contribution in [0.15, 0.2) is 0 Å². The van der Waals surface area contributed by atoms with Gasteiger partial charge in [-0.2, -0.15) is 5.26 Å². The summed E-state index contributed by atoms with van der Waals surface area (Å²) in [4.78, 5) is 27.7. The lowest BCUT2D eigenvalue weighted by Crippen LogP contribution is -2.37. The van der Waals surface area contributed by atoms with Gasteiger partial charge in [-0.05, 0) is 142 Å². The molecule has 0 spiro atoms. The van der Waals surface area contributed by atoms with Gasteiger partial charge in [-0.1, -0.05) is 85.5 Å². The van der Waals surface area contributed by atoms with Gasteiger partial charge in [0.05, 0.1) is 25.2 Å². The zero-order valence-electron chi connectivity index (χ0n) is 43.7. The molecule has 0 radical (unpaired) electrons. The fraction of sp³-hybridized carbons (Fsp3) is 0.830. The Kier molecular flexibility index (Phi) is 24.3. The smallest absolute Gasteiger partial charge is 0.305 e. The fourth-order valence-electron chi connectivity index (χ4n) is 9.57. The number of esters is 1. The summed E-state index contributed by atoms with van der Waals surface area (Å²) in [6.45, 7) is 28.0. The Morgan fingerprint density at radius 3 is 2.12 bits per heavy atom. The predicted octanol–water partition coefficient (Wildman–Crippen LogP) is 13.7. The van der Waals surface area contributed by atoms with Gasteiger partial charge in [-0.3, -0.25) is 9.59 Å². The van der Waals surface area contributed by atoms with Crippen molar-refractivity contribution in [3.8, 4) is 17.6 Å². The number of unbranched alkanes of at least 4 members (excludes halogenated alkanes) is 3. The molecule has 10 nitrogen and oxygen atoms in total. The van der Waals surface area contributed by atoms with Crippen LogP contribution in [0.5, 0.6) is 11.5 Å². The summed E-state index contributed by atoms with van der Waals surface area (Å²) >= 11 is 0. The van der Waals surface area contributed by atoms with Crippen LogP contribution >= 0.6 is 8.53 Å². The van der Waals surface area contributed by atoms with E-state index in [0.717, 1.165) is 84.5 Å². The Hall–Kier alpha value is -2.44. The minimum absolute atomic E-state index is 0.0479. The number of nitriles is 1. The number of hydrogen-bond acceptors (Lipinski definition) is 9. The maximum Gasteiger partial charge on any atom is 0.305 e. The predicted molar refractivity (Wildman–Crippen MR) is 263 cm³/mol. The van der Waals surface area contributed by atoms with Crippen LogP contribution in [0.25, 0.3) is 0 Å². The highest BCUT2D eigenvalue weighted by molar-refractivity contribution is 7.44. The van der Waals surface area contributed by atoms with E-state index in [2.05, 4.69) is 93.8 Å². The molecule has 1 aromatic carbocycles. The molecule has 3 rings (SSSR count). The first kappa shape index (κ1) is 54.2. The van der Waals surface area contributed by atoms with Crippen molar-refractivity contribution in [2.45, 2.75) is 242 Å². The van der Waals surface area contributed by atoms with E-state index in [1.807, 2.05) is 4.90 Å². The van der Waals surface area contributed by atoms with Gasteiger partial charge in [0.1, 0.15) is 30.3 Å². The molecule has 366 valence electrons. The van der Waals surface area contributed by atoms with Gasteiger partial charge < -0.3 is 28.2 Å². The average Bonchev–Trinajstić information content (AvgIpc) is 3.66. The van der Waals surface area contributed by atoms with Crippen LogP contribution in [0.4, 0.5) is 0 Å². The molecule has 2 aliphatic rings. The van der Waals surface area contributed by atoms with Crippen molar-refractivity contribution in [2.75, 3.05) is 26.4 Å². The second-order valence-electron chi connectivity index (χ2n) is 20.6. The highest BCUT2D eigenvalue weighted by Gasteiger charge is 2.38. The summed E-state index contributed by atoms with van der Waals surface area (Å²) in [6.07, 6.45) is 18.2. The normalized spacial score (nSPS) is 20.3. The molecule has 2 heterocycles. The number of nitrogens with zero attached hydrogens (tertiary/aromatic N) is 3. The van der Waals surface area contributed by atoms with Crippen molar-refractivity contribution < 1.29 is 34.2 Å². The van der Waals surface area contributed by atoms with Gasteiger partial charge in [0.25, 0.3) is 8.53 Å². The van der Waals surface area contributed by atoms with Crippen LogP contribution in [0, 0.1) is 49.9 Å². The number of fused-ring (bicyclic) bond motifs is 1. The summed E-state index contributed by atoms with van der Waals surface area (Å²) in [5.74, 6) is 4.15. The van der Waals surface area contributed by atoms with E-state index in [4.69, 9.17) is 29.9 Å². The van der Waals surface area contributed by atoms with E-state index in [-0.39, 0.29) is 61.6 Å². The molecule has 11 heteroatoms. The molecular formula is C53H92N3O7P. The first-order valence-corrected chi connectivity index (χ1v) is 26.5. The average molecular weight is 915 g/mol. The Morgan fingerprint density at radius 2 is 1.50 bits per heavy atom. The highest BCUT2D eigenvalue weighted by atomic mass is 31.2. The van der Waals surface area contributed by atoms with Crippen LogP contribution in [-0.4, -0.2) is 77.6 Å². The number of rotatable bonds is 31. The van der Waals surface area contributed by atoms with Crippen LogP contribution < -0.4 is 9.47 Å². The van der Waals surface area contributed by atoms with Gasteiger partial charge >= 0.3 is 5.97 Å². The zero-order chi connectivity index (χ0) is 48.1. The number of ether oxygens (including phenoxy) is 3. The van der Waals surface area contributed by atoms with Crippen molar-refractivity contribution in [2.24, 2.45) is 17.8 Å². The Labute approximate surface area is 394 Å². The fourth-order valence-corrected chi connectivity index (χ4v) is 11.3. The molecule has 6 atom stereocenters. The van der Waals surface area contributed by atoms with E-state index in [1.165, 1.54) is 56.9 Å². The lowest BCUT2D eigenvalue weighted by atomic mass is 9.83. The summed E-state index contributed by atoms with van der Waals surface area (Å²) < 4.78 is 41.6. The molecule has 1 saturated heterocycles. The van der Waals surface area contributed by atoms with E-state index in [0.29, 0.717) is 45.4 Å². The first-order chi connectivity index (χ1) is 30.9. The standard InChI is InChI=1S/C53H92N3O7P/c1-38(2)22-18-23-41(7)24-19-25-42(8)26-20-30-53(13)31-29-48-46(12)51(44(10)45(11)52(48)62-53)60-35-34-59-50(58)28-17-15-14-16-27-49(57)55-37-47(36-43(55)9)63-64(61-33-21-32-54)56(39(3)4)40(5)6/h38-43,47H,14-31,33-37H2,1-13H3/t41-,42-,43-,47-,53-,64?/m1/s1/i9D. The van der Waals surface area contributed by atoms with Gasteiger partial charge in [0.2, 0.25) is 5.91 Å². The second-order valence-corrected chi connectivity index (χ2v) is 22.0. The molecule has 0 aromatic heterocycles. The highest BCUT2D eigenvalue weighted by Crippen LogP contribution is 2.49. The molecule has 0 aliphatic carbocycles. The van der Waals surface area contributed by atoms with E-state index in [1.54, 1.807) is 0 Å². The van der Waals surface area contributed by atoms with Crippen molar-refractivity contribution >= 4 is 20.4 Å². The lowest BCUT2D eigenvalue weighted by molar-refractivity contribution is -0.144. The van der Waals surface area contributed by atoms with E-state index >= 15 is 0 Å². The number of likely N-dealkylation sites (tertiary alicyclic amines) is 1. The van der Waals surface area contributed by atoms with Crippen LogP contribution in [0.2, 0.25) is 0 Å². The summed E-state index contributed by atoms with van der Waals surface area (Å²) in [7, 11) is -1.41. The number of carbonyl (C=O) groups excluding carboxylic acids is 2.